The number of aliphatic hydroxyl groups excluding tert-OH is 1. The molecule has 0 fully saturated rings. The molecule has 12 heavy (non-hydrogen) atoms. The molecule has 4 heteroatoms. The van der Waals surface area contributed by atoms with E-state index in [0.29, 0.717) is 22.7 Å². The van der Waals surface area contributed by atoms with Crippen LogP contribution in [0.25, 0.3) is 0 Å². The van der Waals surface area contributed by atoms with Crippen LogP contribution in [0.5, 0.6) is 0 Å². The van der Waals surface area contributed by atoms with Gasteiger partial charge in [0.2, 0.25) is 6.41 Å². The highest BCUT2D eigenvalue weighted by molar-refractivity contribution is 6.30. The van der Waals surface area contributed by atoms with Crippen LogP contribution in [0.15, 0.2) is 18.2 Å². The van der Waals surface area contributed by atoms with Gasteiger partial charge in [-0.1, -0.05) is 11.6 Å². The molecule has 0 saturated heterocycles. The second-order valence-corrected chi connectivity index (χ2v) is 2.66. The lowest BCUT2D eigenvalue weighted by molar-refractivity contribution is -0.105. The second kappa shape index (κ2) is 4.09. The van der Waals surface area contributed by atoms with Gasteiger partial charge in [-0.05, 0) is 18.2 Å². The van der Waals surface area contributed by atoms with Crippen molar-refractivity contribution >= 4 is 23.7 Å². The highest BCUT2D eigenvalue weighted by Crippen LogP contribution is 2.19. The van der Waals surface area contributed by atoms with E-state index in [0.717, 1.165) is 0 Å². The van der Waals surface area contributed by atoms with E-state index in [1.165, 1.54) is 0 Å². The quantitative estimate of drug-likeness (QED) is 0.700. The van der Waals surface area contributed by atoms with Gasteiger partial charge in [0.05, 0.1) is 6.61 Å². The van der Waals surface area contributed by atoms with Gasteiger partial charge in [0.1, 0.15) is 0 Å². The molecule has 2 N–H and O–H groups in total. The minimum absolute atomic E-state index is 0.142. The number of benzene rings is 1. The average Bonchev–Trinajstić information content (AvgIpc) is 2.08. The molecule has 0 aliphatic rings. The van der Waals surface area contributed by atoms with Gasteiger partial charge in [-0.2, -0.15) is 0 Å². The maximum atomic E-state index is 10.1. The Hall–Kier alpha value is -1.06. The number of hydrogen-bond acceptors (Lipinski definition) is 2. The number of halogens is 1. The number of carbonyl (C=O) groups is 1. The summed E-state index contributed by atoms with van der Waals surface area (Å²) in [5, 5.41) is 11.8. The van der Waals surface area contributed by atoms with Crippen LogP contribution in [0.2, 0.25) is 5.02 Å². The predicted octanol–water partition coefficient (Wildman–Crippen LogP) is 1.40. The van der Waals surface area contributed by atoms with Crippen LogP contribution in [0.3, 0.4) is 0 Å². The number of rotatable bonds is 3. The van der Waals surface area contributed by atoms with Crippen molar-refractivity contribution in [1.82, 2.24) is 0 Å². The van der Waals surface area contributed by atoms with Gasteiger partial charge in [0.25, 0.3) is 0 Å². The van der Waals surface area contributed by atoms with E-state index < -0.39 is 0 Å². The summed E-state index contributed by atoms with van der Waals surface area (Å²) in [4.78, 5) is 10.1. The van der Waals surface area contributed by atoms with E-state index in [1.807, 2.05) is 0 Å². The number of hydrogen-bond donors (Lipinski definition) is 2. The first kappa shape index (κ1) is 9.03. The molecule has 0 unspecified atom stereocenters. The Morgan fingerprint density at radius 2 is 2.33 bits per heavy atom. The first-order valence-corrected chi connectivity index (χ1v) is 3.75. The zero-order valence-corrected chi connectivity index (χ0v) is 7.01. The van der Waals surface area contributed by atoms with Crippen molar-refractivity contribution in [3.63, 3.8) is 0 Å². The van der Waals surface area contributed by atoms with Gasteiger partial charge in [-0.15, -0.1) is 0 Å². The smallest absolute Gasteiger partial charge is 0.211 e. The lowest BCUT2D eigenvalue weighted by Gasteiger charge is -2.04. The fourth-order valence-corrected chi connectivity index (χ4v) is 1.09. The van der Waals surface area contributed by atoms with Gasteiger partial charge in [0, 0.05) is 16.3 Å². The predicted molar refractivity (Wildman–Crippen MR) is 47.1 cm³/mol. The summed E-state index contributed by atoms with van der Waals surface area (Å²) < 4.78 is 0. The Kier molecular flexibility index (Phi) is 3.08. The van der Waals surface area contributed by atoms with Crippen LogP contribution < -0.4 is 5.32 Å². The van der Waals surface area contributed by atoms with Crippen molar-refractivity contribution in [2.75, 3.05) is 5.32 Å². The molecule has 0 spiro atoms. The van der Waals surface area contributed by atoms with Crippen molar-refractivity contribution in [3.8, 4) is 0 Å². The highest BCUT2D eigenvalue weighted by atomic mass is 35.5. The van der Waals surface area contributed by atoms with Gasteiger partial charge in [0.15, 0.2) is 0 Å². The van der Waals surface area contributed by atoms with E-state index >= 15 is 0 Å². The highest BCUT2D eigenvalue weighted by Gasteiger charge is 2.00. The summed E-state index contributed by atoms with van der Waals surface area (Å²) in [6.07, 6.45) is 0.558. The third-order valence-electron chi connectivity index (χ3n) is 1.45. The lowest BCUT2D eigenvalue weighted by atomic mass is 10.2. The number of nitrogens with one attached hydrogen (secondary N) is 1. The molecule has 1 aromatic rings. The molecule has 0 aliphatic carbocycles. The Balaban J connectivity index is 3.01. The molecule has 0 atom stereocenters. The number of carbonyl (C=O) groups excluding carboxylic acids is 1. The molecule has 1 amide bonds. The van der Waals surface area contributed by atoms with Crippen LogP contribution in [0, 0.1) is 0 Å². The summed E-state index contributed by atoms with van der Waals surface area (Å²) in [5.74, 6) is 0. The standard InChI is InChI=1S/C8H8ClNO2/c9-7-1-2-8(10-5-12)6(3-7)4-11/h1-3,5,11H,4H2,(H,10,12). The molecule has 3 nitrogen and oxygen atoms in total. The molecular formula is C8H8ClNO2. The first-order valence-electron chi connectivity index (χ1n) is 3.37. The molecule has 0 heterocycles. The maximum absolute atomic E-state index is 10.1. The van der Waals surface area contributed by atoms with E-state index in [9.17, 15) is 4.79 Å². The fourth-order valence-electron chi connectivity index (χ4n) is 0.897. The van der Waals surface area contributed by atoms with Crippen LogP contribution in [-0.4, -0.2) is 11.5 Å². The maximum Gasteiger partial charge on any atom is 0.211 e. The van der Waals surface area contributed by atoms with Crippen LogP contribution in [-0.2, 0) is 11.4 Å². The summed E-state index contributed by atoms with van der Waals surface area (Å²) in [6.45, 7) is -0.142. The molecule has 0 radical (unpaired) electrons. The van der Waals surface area contributed by atoms with Crippen LogP contribution in [0.1, 0.15) is 5.56 Å². The van der Waals surface area contributed by atoms with Gasteiger partial charge in [-0.3, -0.25) is 4.79 Å². The monoisotopic (exact) mass is 185 g/mol. The molecule has 1 rings (SSSR count). The Labute approximate surface area is 75.0 Å². The molecule has 1 aromatic carbocycles. The molecular weight excluding hydrogens is 178 g/mol. The Bertz CT molecular complexity index is 288. The summed E-state index contributed by atoms with van der Waals surface area (Å²) in [6, 6.07) is 4.89. The topological polar surface area (TPSA) is 49.3 Å². The van der Waals surface area contributed by atoms with Crippen molar-refractivity contribution < 1.29 is 9.90 Å². The van der Waals surface area contributed by atoms with E-state index in [4.69, 9.17) is 16.7 Å². The minimum Gasteiger partial charge on any atom is -0.392 e. The summed E-state index contributed by atoms with van der Waals surface area (Å²) in [5.41, 5.74) is 1.19. The minimum atomic E-state index is -0.142. The first-order chi connectivity index (χ1) is 5.77. The van der Waals surface area contributed by atoms with Crippen molar-refractivity contribution in [2.45, 2.75) is 6.61 Å². The normalized spacial score (nSPS) is 9.50. The molecule has 64 valence electrons. The zero-order chi connectivity index (χ0) is 8.97. The van der Waals surface area contributed by atoms with Crippen LogP contribution in [0.4, 0.5) is 5.69 Å². The van der Waals surface area contributed by atoms with E-state index in [2.05, 4.69) is 5.32 Å². The van der Waals surface area contributed by atoms with Gasteiger partial charge < -0.3 is 10.4 Å². The van der Waals surface area contributed by atoms with Gasteiger partial charge in [-0.25, -0.2) is 0 Å². The zero-order valence-electron chi connectivity index (χ0n) is 6.25. The summed E-state index contributed by atoms with van der Waals surface area (Å²) >= 11 is 5.67. The number of amides is 1. The number of aliphatic hydroxyl groups is 1. The second-order valence-electron chi connectivity index (χ2n) is 2.22. The average molecular weight is 186 g/mol. The molecule has 0 bridgehead atoms. The SMILES string of the molecule is O=CNc1ccc(Cl)cc1CO. The van der Waals surface area contributed by atoms with E-state index in [1.54, 1.807) is 18.2 Å². The van der Waals surface area contributed by atoms with Crippen molar-refractivity contribution in [1.29, 1.82) is 0 Å². The number of anilines is 1. The third-order valence-corrected chi connectivity index (χ3v) is 1.69. The fraction of sp³-hybridized carbons (Fsp3) is 0.125. The molecule has 0 aliphatic heterocycles. The molecule has 0 aromatic heterocycles. The Morgan fingerprint density at radius 1 is 1.58 bits per heavy atom. The third kappa shape index (κ3) is 1.96. The van der Waals surface area contributed by atoms with E-state index in [-0.39, 0.29) is 6.61 Å². The summed E-state index contributed by atoms with van der Waals surface area (Å²) in [7, 11) is 0. The van der Waals surface area contributed by atoms with Crippen LogP contribution >= 0.6 is 11.6 Å². The van der Waals surface area contributed by atoms with Gasteiger partial charge >= 0.3 is 0 Å². The molecule has 0 saturated carbocycles. The van der Waals surface area contributed by atoms with Crippen molar-refractivity contribution in [3.05, 3.63) is 28.8 Å². The Morgan fingerprint density at radius 3 is 2.92 bits per heavy atom. The van der Waals surface area contributed by atoms with Crippen molar-refractivity contribution in [2.24, 2.45) is 0 Å². The largest absolute Gasteiger partial charge is 0.392 e. The lowest BCUT2D eigenvalue weighted by Crippen LogP contribution is -1.98.